The molecular weight excluding hydrogens is 456 g/mol. The Morgan fingerprint density at radius 2 is 1.97 bits per heavy atom. The molecular formula is C21H28N2O9S. The molecule has 0 saturated heterocycles. The van der Waals surface area contributed by atoms with Gasteiger partial charge >= 0.3 is 18.0 Å². The number of nitrogens with one attached hydrogen (secondary N) is 2. The monoisotopic (exact) mass is 484 g/mol. The lowest BCUT2D eigenvalue weighted by Crippen LogP contribution is -2.55. The summed E-state index contributed by atoms with van der Waals surface area (Å²) in [5.74, 6) is -2.90. The standard InChI is InChI=1S/C21H28N2O9S/c1-10-15(30-5)6-14(24)11-8-33-9-13(18(26)27)22-17(25)12(7-31-19(28)16(10)11)23-20(29)32-21(2,3)4/h6,12-13,24H,7-9H2,1-5H3,(H,22,25)(H,23,29)(H,26,27)/t12-,13-/m0/s1. The number of aromatic hydroxyl groups is 1. The lowest BCUT2D eigenvalue weighted by Gasteiger charge is -2.25. The molecule has 1 heterocycles. The van der Waals surface area contributed by atoms with E-state index in [0.29, 0.717) is 5.56 Å². The summed E-state index contributed by atoms with van der Waals surface area (Å²) >= 11 is 1.09. The number of carboxylic acids is 1. The van der Waals surface area contributed by atoms with Crippen LogP contribution in [0.5, 0.6) is 11.5 Å². The first kappa shape index (κ1) is 26.1. The highest BCUT2D eigenvalue weighted by atomic mass is 32.2. The van der Waals surface area contributed by atoms with Gasteiger partial charge in [-0.15, -0.1) is 0 Å². The quantitative estimate of drug-likeness (QED) is 0.464. The predicted molar refractivity (Wildman–Crippen MR) is 119 cm³/mol. The molecule has 33 heavy (non-hydrogen) atoms. The molecule has 2 rings (SSSR count). The van der Waals surface area contributed by atoms with Gasteiger partial charge in [0.15, 0.2) is 0 Å². The van der Waals surface area contributed by atoms with Crippen molar-refractivity contribution in [2.45, 2.75) is 51.1 Å². The second-order valence-corrected chi connectivity index (χ2v) is 9.32. The molecule has 0 fully saturated rings. The van der Waals surface area contributed by atoms with E-state index in [1.54, 1.807) is 27.7 Å². The molecule has 0 unspecified atom stereocenters. The van der Waals surface area contributed by atoms with Crippen molar-refractivity contribution in [1.29, 1.82) is 0 Å². The number of phenols is 1. The SMILES string of the molecule is COc1cc(O)c2c(c1C)C(=O)OC[C@H](NC(=O)OC(C)(C)C)C(=O)N[C@H](C(=O)O)CSC2. The number of phenolic OH excluding ortho intramolecular Hbond substituents is 1. The number of rotatable bonds is 3. The van der Waals surface area contributed by atoms with E-state index >= 15 is 0 Å². The first-order chi connectivity index (χ1) is 15.3. The zero-order chi connectivity index (χ0) is 24.9. The highest BCUT2D eigenvalue weighted by Gasteiger charge is 2.32. The molecule has 1 aliphatic heterocycles. The summed E-state index contributed by atoms with van der Waals surface area (Å²) in [5.41, 5.74) is -0.157. The van der Waals surface area contributed by atoms with Gasteiger partial charge in [0.05, 0.1) is 12.7 Å². The second kappa shape index (κ2) is 10.6. The molecule has 182 valence electrons. The van der Waals surface area contributed by atoms with Crippen LogP contribution in [0.25, 0.3) is 0 Å². The fraction of sp³-hybridized carbons (Fsp3) is 0.524. The normalized spacial score (nSPS) is 19.7. The van der Waals surface area contributed by atoms with Gasteiger partial charge < -0.3 is 35.1 Å². The Labute approximate surface area is 195 Å². The molecule has 0 saturated carbocycles. The van der Waals surface area contributed by atoms with Gasteiger partial charge in [0.2, 0.25) is 5.91 Å². The van der Waals surface area contributed by atoms with Crippen molar-refractivity contribution in [3.05, 3.63) is 22.8 Å². The van der Waals surface area contributed by atoms with Gasteiger partial charge in [0.1, 0.15) is 35.8 Å². The Balaban J connectivity index is 2.43. The van der Waals surface area contributed by atoms with Gasteiger partial charge in [-0.05, 0) is 27.7 Å². The zero-order valence-corrected chi connectivity index (χ0v) is 19.8. The average molecular weight is 485 g/mol. The number of carboxylic acid groups (broad SMARTS) is 1. The summed E-state index contributed by atoms with van der Waals surface area (Å²) in [4.78, 5) is 49.5. The van der Waals surface area contributed by atoms with E-state index in [4.69, 9.17) is 14.2 Å². The van der Waals surface area contributed by atoms with Gasteiger partial charge in [-0.2, -0.15) is 11.8 Å². The van der Waals surface area contributed by atoms with Gasteiger partial charge in [0, 0.05) is 28.7 Å². The van der Waals surface area contributed by atoms with Crippen LogP contribution >= 0.6 is 11.8 Å². The molecule has 2 atom stereocenters. The van der Waals surface area contributed by atoms with Crippen LogP contribution in [0.3, 0.4) is 0 Å². The molecule has 4 N–H and O–H groups in total. The molecule has 12 heteroatoms. The van der Waals surface area contributed by atoms with E-state index < -0.39 is 48.2 Å². The van der Waals surface area contributed by atoms with Crippen molar-refractivity contribution in [3.8, 4) is 11.5 Å². The van der Waals surface area contributed by atoms with Crippen LogP contribution < -0.4 is 15.4 Å². The maximum Gasteiger partial charge on any atom is 0.408 e. The Morgan fingerprint density at radius 3 is 2.55 bits per heavy atom. The van der Waals surface area contributed by atoms with Crippen molar-refractivity contribution >= 4 is 35.7 Å². The minimum atomic E-state index is -1.42. The third-order valence-electron chi connectivity index (χ3n) is 4.58. The van der Waals surface area contributed by atoms with Crippen molar-refractivity contribution < 1.29 is 43.6 Å². The highest BCUT2D eigenvalue weighted by Crippen LogP contribution is 2.35. The van der Waals surface area contributed by atoms with E-state index in [1.807, 2.05) is 0 Å². The average Bonchev–Trinajstić information content (AvgIpc) is 2.69. The number of amides is 2. The van der Waals surface area contributed by atoms with Gasteiger partial charge in [-0.3, -0.25) is 4.79 Å². The number of alkyl carbamates (subject to hydrolysis) is 1. The fourth-order valence-corrected chi connectivity index (χ4v) is 4.10. The van der Waals surface area contributed by atoms with E-state index in [2.05, 4.69) is 10.6 Å². The largest absolute Gasteiger partial charge is 0.507 e. The van der Waals surface area contributed by atoms with Crippen molar-refractivity contribution in [2.24, 2.45) is 0 Å². The number of aliphatic carboxylic acids is 1. The topological polar surface area (TPSA) is 160 Å². The number of hydrogen-bond acceptors (Lipinski definition) is 9. The van der Waals surface area contributed by atoms with Crippen LogP contribution in [0.4, 0.5) is 4.79 Å². The Bertz CT molecular complexity index is 943. The molecule has 0 aromatic heterocycles. The number of benzene rings is 1. The van der Waals surface area contributed by atoms with Gasteiger partial charge in [-0.25, -0.2) is 14.4 Å². The molecule has 0 radical (unpaired) electrons. The van der Waals surface area contributed by atoms with Crippen LogP contribution in [-0.2, 0) is 24.8 Å². The molecule has 0 aliphatic carbocycles. The van der Waals surface area contributed by atoms with E-state index in [1.165, 1.54) is 13.2 Å². The molecule has 1 aliphatic rings. The van der Waals surface area contributed by atoms with E-state index in [9.17, 15) is 29.4 Å². The summed E-state index contributed by atoms with van der Waals surface area (Å²) in [6.07, 6.45) is -0.942. The fourth-order valence-electron chi connectivity index (χ4n) is 3.02. The number of fused-ring (bicyclic) bond motifs is 1. The van der Waals surface area contributed by atoms with Crippen LogP contribution in [0.1, 0.15) is 42.3 Å². The molecule has 2 amide bonds. The Hall–Kier alpha value is -3.15. The van der Waals surface area contributed by atoms with Crippen LogP contribution in [0.15, 0.2) is 6.07 Å². The number of hydrogen-bond donors (Lipinski definition) is 4. The summed E-state index contributed by atoms with van der Waals surface area (Å²) < 4.78 is 15.6. The zero-order valence-electron chi connectivity index (χ0n) is 19.0. The predicted octanol–water partition coefficient (Wildman–Crippen LogP) is 1.58. The van der Waals surface area contributed by atoms with Crippen molar-refractivity contribution in [2.75, 3.05) is 19.5 Å². The highest BCUT2D eigenvalue weighted by molar-refractivity contribution is 7.98. The maximum atomic E-state index is 12.9. The minimum Gasteiger partial charge on any atom is -0.507 e. The van der Waals surface area contributed by atoms with E-state index in [-0.39, 0.29) is 34.1 Å². The first-order valence-corrected chi connectivity index (χ1v) is 11.2. The number of carbonyl (C=O) groups is 4. The third kappa shape index (κ3) is 6.91. The maximum absolute atomic E-state index is 12.9. The summed E-state index contributed by atoms with van der Waals surface area (Å²) in [6, 6.07) is -1.35. The number of carbonyl (C=O) groups excluding carboxylic acids is 3. The smallest absolute Gasteiger partial charge is 0.408 e. The van der Waals surface area contributed by atoms with E-state index in [0.717, 1.165) is 11.8 Å². The van der Waals surface area contributed by atoms with Crippen LogP contribution in [0, 0.1) is 6.92 Å². The number of esters is 1. The van der Waals surface area contributed by atoms with Crippen molar-refractivity contribution in [3.63, 3.8) is 0 Å². The number of thioether (sulfide) groups is 1. The Kier molecular flexibility index (Phi) is 8.42. The minimum absolute atomic E-state index is 0.0447. The lowest BCUT2D eigenvalue weighted by atomic mass is 10.0. The van der Waals surface area contributed by atoms with Crippen LogP contribution in [-0.4, -0.2) is 71.3 Å². The Morgan fingerprint density at radius 1 is 1.30 bits per heavy atom. The molecule has 0 spiro atoms. The van der Waals surface area contributed by atoms with Gasteiger partial charge in [-0.1, -0.05) is 0 Å². The lowest BCUT2D eigenvalue weighted by molar-refractivity contribution is -0.141. The first-order valence-electron chi connectivity index (χ1n) is 10.0. The summed E-state index contributed by atoms with van der Waals surface area (Å²) in [5, 5.41) is 24.6. The van der Waals surface area contributed by atoms with Gasteiger partial charge in [0.25, 0.3) is 0 Å². The number of cyclic esters (lactones) is 1. The summed E-state index contributed by atoms with van der Waals surface area (Å²) in [7, 11) is 1.38. The molecule has 11 nitrogen and oxygen atoms in total. The molecule has 1 aromatic carbocycles. The van der Waals surface area contributed by atoms with Crippen molar-refractivity contribution in [1.82, 2.24) is 10.6 Å². The summed E-state index contributed by atoms with van der Waals surface area (Å²) in [6.45, 7) is 5.90. The van der Waals surface area contributed by atoms with Crippen LogP contribution in [0.2, 0.25) is 0 Å². The third-order valence-corrected chi connectivity index (χ3v) is 5.64. The second-order valence-electron chi connectivity index (χ2n) is 8.29. The number of ether oxygens (including phenoxy) is 3. The number of methoxy groups -OCH3 is 1. The molecule has 0 bridgehead atoms. The molecule has 1 aromatic rings.